The summed E-state index contributed by atoms with van der Waals surface area (Å²) in [4.78, 5) is 0. The minimum absolute atomic E-state index is 0.305. The van der Waals surface area contributed by atoms with Gasteiger partial charge in [0.25, 0.3) is 0 Å². The van der Waals surface area contributed by atoms with Crippen molar-refractivity contribution in [2.45, 2.75) is 51.6 Å². The molecule has 1 heterocycles. The third-order valence-corrected chi connectivity index (χ3v) is 7.97. The summed E-state index contributed by atoms with van der Waals surface area (Å²) in [5, 5.41) is 20.2. The van der Waals surface area contributed by atoms with Gasteiger partial charge in [-0.3, -0.25) is 5.10 Å². The van der Waals surface area contributed by atoms with Crippen LogP contribution in [0.25, 0.3) is 10.9 Å². The Balaban J connectivity index is 1.57. The summed E-state index contributed by atoms with van der Waals surface area (Å²) >= 11 is 6.29. The second kappa shape index (κ2) is 4.12. The van der Waals surface area contributed by atoms with E-state index in [1.54, 1.807) is 6.20 Å². The molecule has 1 aromatic heterocycles. The molecule has 4 heteroatoms. The van der Waals surface area contributed by atoms with Crippen molar-refractivity contribution < 1.29 is 5.11 Å². The molecule has 0 aliphatic heterocycles. The molecule has 3 saturated carbocycles. The highest BCUT2D eigenvalue weighted by Gasteiger charge is 2.71. The summed E-state index contributed by atoms with van der Waals surface area (Å²) < 4.78 is 0. The maximum Gasteiger partial charge on any atom is 0.0929 e. The summed E-state index contributed by atoms with van der Waals surface area (Å²) in [6.07, 6.45) is 7.59. The van der Waals surface area contributed by atoms with Crippen LogP contribution in [0.15, 0.2) is 18.3 Å². The van der Waals surface area contributed by atoms with Crippen LogP contribution in [0.3, 0.4) is 0 Å². The summed E-state index contributed by atoms with van der Waals surface area (Å²) in [6, 6.07) is 3.83. The Morgan fingerprint density at radius 1 is 1.22 bits per heavy atom. The number of aromatic amines is 1. The van der Waals surface area contributed by atoms with Crippen molar-refractivity contribution in [3.8, 4) is 0 Å². The van der Waals surface area contributed by atoms with Crippen LogP contribution in [0, 0.1) is 22.7 Å². The lowest BCUT2D eigenvalue weighted by atomic mass is 9.43. The van der Waals surface area contributed by atoms with Gasteiger partial charge in [-0.05, 0) is 66.9 Å². The highest BCUT2D eigenvalue weighted by atomic mass is 35.5. The number of halogens is 1. The number of hydrogen-bond donors (Lipinski definition) is 2. The van der Waals surface area contributed by atoms with Crippen LogP contribution in [-0.2, 0) is 5.60 Å². The summed E-state index contributed by atoms with van der Waals surface area (Å²) in [5.74, 6) is 1.63. The van der Waals surface area contributed by atoms with Crippen molar-refractivity contribution in [1.29, 1.82) is 0 Å². The molecule has 23 heavy (non-hydrogen) atoms. The topological polar surface area (TPSA) is 48.9 Å². The number of aliphatic hydroxyl groups is 1. The van der Waals surface area contributed by atoms with Crippen LogP contribution in [0.4, 0.5) is 0 Å². The summed E-state index contributed by atoms with van der Waals surface area (Å²) in [5.41, 5.74) is 1.75. The van der Waals surface area contributed by atoms with Gasteiger partial charge in [0, 0.05) is 16.0 Å². The Kier molecular flexibility index (Phi) is 2.56. The molecule has 3 aliphatic rings. The Morgan fingerprint density at radius 3 is 2.65 bits per heavy atom. The number of H-pyrrole nitrogens is 1. The van der Waals surface area contributed by atoms with Gasteiger partial charge in [0.15, 0.2) is 0 Å². The fourth-order valence-corrected chi connectivity index (χ4v) is 6.61. The highest BCUT2D eigenvalue weighted by Crippen LogP contribution is 2.77. The Morgan fingerprint density at radius 2 is 1.96 bits per heavy atom. The fraction of sp³-hybridized carbons (Fsp3) is 0.632. The molecule has 2 bridgehead atoms. The molecule has 1 spiro atoms. The first-order valence-electron chi connectivity index (χ1n) is 8.71. The molecule has 0 amide bonds. The molecular weight excluding hydrogens is 308 g/mol. The van der Waals surface area contributed by atoms with Gasteiger partial charge in [-0.15, -0.1) is 0 Å². The van der Waals surface area contributed by atoms with Gasteiger partial charge in [0.1, 0.15) is 0 Å². The number of fused-ring (bicyclic) bond motifs is 4. The molecule has 2 aromatic rings. The lowest BCUT2D eigenvalue weighted by molar-refractivity contribution is -0.205. The van der Waals surface area contributed by atoms with Crippen molar-refractivity contribution in [3.05, 3.63) is 28.9 Å². The average Bonchev–Trinajstić information content (AvgIpc) is 3.13. The minimum atomic E-state index is -0.766. The lowest BCUT2D eigenvalue weighted by Gasteiger charge is -2.63. The maximum atomic E-state index is 11.4. The molecule has 0 saturated heterocycles. The van der Waals surface area contributed by atoms with Crippen molar-refractivity contribution >= 4 is 22.5 Å². The third-order valence-electron chi connectivity index (χ3n) is 7.75. The SMILES string of the molecule is CC1(C)C2CCC(C2)[C@]12C[C@@](O)(c1cc(Cl)cc3cn[nH]c31)C2. The first-order chi connectivity index (χ1) is 10.9. The largest absolute Gasteiger partial charge is 0.385 e. The molecule has 1 aromatic carbocycles. The molecule has 5 rings (SSSR count). The molecule has 0 radical (unpaired) electrons. The van der Waals surface area contributed by atoms with E-state index in [-0.39, 0.29) is 0 Å². The highest BCUT2D eigenvalue weighted by molar-refractivity contribution is 6.31. The van der Waals surface area contributed by atoms with Crippen LogP contribution < -0.4 is 0 Å². The van der Waals surface area contributed by atoms with E-state index in [2.05, 4.69) is 24.0 Å². The Hall–Kier alpha value is -1.06. The molecule has 3 fully saturated rings. The van der Waals surface area contributed by atoms with E-state index in [1.165, 1.54) is 19.3 Å². The average molecular weight is 331 g/mol. The van der Waals surface area contributed by atoms with Gasteiger partial charge in [-0.25, -0.2) is 0 Å². The Labute approximate surface area is 141 Å². The first-order valence-corrected chi connectivity index (χ1v) is 9.09. The van der Waals surface area contributed by atoms with E-state index in [4.69, 9.17) is 11.6 Å². The zero-order valence-corrected chi connectivity index (χ0v) is 14.5. The molecule has 2 N–H and O–H groups in total. The number of rotatable bonds is 1. The molecular formula is C19H23ClN2O. The van der Waals surface area contributed by atoms with Crippen LogP contribution in [0.2, 0.25) is 5.02 Å². The predicted octanol–water partition coefficient (Wildman–Crippen LogP) is 4.64. The summed E-state index contributed by atoms with van der Waals surface area (Å²) in [7, 11) is 0. The first kappa shape index (κ1) is 14.3. The van der Waals surface area contributed by atoms with Crippen molar-refractivity contribution in [2.75, 3.05) is 0 Å². The smallest absolute Gasteiger partial charge is 0.0929 e. The number of hydrogen-bond acceptors (Lipinski definition) is 2. The molecule has 3 aliphatic carbocycles. The number of benzene rings is 1. The quantitative estimate of drug-likeness (QED) is 0.800. The monoisotopic (exact) mass is 330 g/mol. The van der Waals surface area contributed by atoms with E-state index >= 15 is 0 Å². The van der Waals surface area contributed by atoms with Crippen molar-refractivity contribution in [2.24, 2.45) is 22.7 Å². The van der Waals surface area contributed by atoms with Gasteiger partial charge in [-0.2, -0.15) is 5.10 Å². The van der Waals surface area contributed by atoms with E-state index in [1.807, 2.05) is 12.1 Å². The van der Waals surface area contributed by atoms with Crippen LogP contribution in [-0.4, -0.2) is 15.3 Å². The van der Waals surface area contributed by atoms with Crippen molar-refractivity contribution in [3.63, 3.8) is 0 Å². The number of nitrogens with one attached hydrogen (secondary N) is 1. The summed E-state index contributed by atoms with van der Waals surface area (Å²) in [6.45, 7) is 4.86. The second-order valence-electron chi connectivity index (χ2n) is 8.76. The van der Waals surface area contributed by atoms with Crippen LogP contribution in [0.1, 0.15) is 51.5 Å². The zero-order chi connectivity index (χ0) is 16.0. The third kappa shape index (κ3) is 1.58. The predicted molar refractivity (Wildman–Crippen MR) is 91.3 cm³/mol. The van der Waals surface area contributed by atoms with Crippen molar-refractivity contribution in [1.82, 2.24) is 10.2 Å². The zero-order valence-electron chi connectivity index (χ0n) is 13.7. The van der Waals surface area contributed by atoms with E-state index in [0.29, 0.717) is 15.9 Å². The maximum absolute atomic E-state index is 11.4. The van der Waals surface area contributed by atoms with Gasteiger partial charge in [0.05, 0.1) is 17.3 Å². The normalized spacial score (nSPS) is 40.9. The van der Waals surface area contributed by atoms with E-state index in [0.717, 1.165) is 41.1 Å². The van der Waals surface area contributed by atoms with E-state index < -0.39 is 5.60 Å². The van der Waals surface area contributed by atoms with Gasteiger partial charge in [0.2, 0.25) is 0 Å². The molecule has 122 valence electrons. The lowest BCUT2D eigenvalue weighted by Crippen LogP contribution is -2.59. The second-order valence-corrected chi connectivity index (χ2v) is 9.19. The number of aromatic nitrogens is 2. The molecule has 3 nitrogen and oxygen atoms in total. The standard InChI is InChI=1S/C19H23ClN2O/c1-17(2)12-3-4-13(6-12)18(17)9-19(23,10-18)15-7-14(20)5-11-8-21-22-16(11)15/h5,7-8,12-13,23H,3-4,6,9-10H2,1-2H3,(H,21,22)/t12?,13?,18-,19+. The van der Waals surface area contributed by atoms with Gasteiger partial charge >= 0.3 is 0 Å². The minimum Gasteiger partial charge on any atom is -0.385 e. The van der Waals surface area contributed by atoms with Crippen LogP contribution >= 0.6 is 11.6 Å². The Bertz CT molecular complexity index is 803. The molecule has 2 unspecified atom stereocenters. The van der Waals surface area contributed by atoms with E-state index in [9.17, 15) is 5.11 Å². The van der Waals surface area contributed by atoms with Crippen LogP contribution in [0.5, 0.6) is 0 Å². The van der Waals surface area contributed by atoms with Gasteiger partial charge < -0.3 is 5.11 Å². The van der Waals surface area contributed by atoms with Gasteiger partial charge in [-0.1, -0.05) is 25.4 Å². The number of nitrogens with zero attached hydrogens (tertiary/aromatic N) is 1. The fourth-order valence-electron chi connectivity index (χ4n) is 6.39. The molecule has 2 atom stereocenters.